The Morgan fingerprint density at radius 2 is 2.44 bits per heavy atom. The van der Waals surface area contributed by atoms with E-state index in [1.54, 1.807) is 12.3 Å². The van der Waals surface area contributed by atoms with Crippen molar-refractivity contribution in [2.45, 2.75) is 6.42 Å². The number of carbonyl (C=O) groups excluding carboxylic acids is 1. The van der Waals surface area contributed by atoms with Crippen molar-refractivity contribution >= 4 is 12.0 Å². The molecule has 5 nitrogen and oxygen atoms in total. The first-order valence-electron chi connectivity index (χ1n) is 5.10. The van der Waals surface area contributed by atoms with Crippen molar-refractivity contribution in [2.24, 2.45) is 5.92 Å². The first kappa shape index (κ1) is 9.08. The van der Waals surface area contributed by atoms with E-state index < -0.39 is 0 Å². The number of allylic oxidation sites excluding steroid dienone is 4. The number of nitrogens with zero attached hydrogens (tertiary/aromatic N) is 2. The molecule has 80 valence electrons. The highest BCUT2D eigenvalue weighted by Crippen LogP contribution is 2.32. The van der Waals surface area contributed by atoms with Crippen LogP contribution in [-0.2, 0) is 4.79 Å². The normalized spacial score (nSPS) is 25.5. The molecule has 0 saturated carbocycles. The predicted molar refractivity (Wildman–Crippen MR) is 57.8 cm³/mol. The minimum absolute atomic E-state index is 0.0389. The highest BCUT2D eigenvalue weighted by atomic mass is 16.2. The fourth-order valence-electron chi connectivity index (χ4n) is 2.02. The van der Waals surface area contributed by atoms with E-state index in [9.17, 15) is 4.79 Å². The van der Waals surface area contributed by atoms with Gasteiger partial charge in [0.1, 0.15) is 5.69 Å². The Balaban J connectivity index is 1.99. The molecule has 1 aliphatic carbocycles. The molecule has 16 heavy (non-hydrogen) atoms. The summed E-state index contributed by atoms with van der Waals surface area (Å²) in [4.78, 5) is 11.8. The van der Waals surface area contributed by atoms with Crippen molar-refractivity contribution < 1.29 is 4.79 Å². The van der Waals surface area contributed by atoms with E-state index in [0.717, 1.165) is 17.7 Å². The highest BCUT2D eigenvalue weighted by Gasteiger charge is 2.32. The molecule has 3 rings (SSSR count). The Bertz CT molecular complexity index is 510. The smallest absolute Gasteiger partial charge is 0.252 e. The molecule has 5 heteroatoms. The van der Waals surface area contributed by atoms with Gasteiger partial charge in [0.2, 0.25) is 0 Å². The summed E-state index contributed by atoms with van der Waals surface area (Å²) in [5.41, 5.74) is 2.41. The average molecular weight is 214 g/mol. The monoisotopic (exact) mass is 214 g/mol. The molecule has 1 atom stereocenters. The van der Waals surface area contributed by atoms with Gasteiger partial charge in [0.15, 0.2) is 0 Å². The van der Waals surface area contributed by atoms with Gasteiger partial charge in [0, 0.05) is 17.2 Å². The molecule has 2 aliphatic rings. The second-order valence-electron chi connectivity index (χ2n) is 3.79. The van der Waals surface area contributed by atoms with E-state index in [1.807, 2.05) is 12.2 Å². The third kappa shape index (κ3) is 1.37. The van der Waals surface area contributed by atoms with Crippen LogP contribution in [0, 0.1) is 5.92 Å². The predicted octanol–water partition coefficient (Wildman–Crippen LogP) is 0.778. The summed E-state index contributed by atoms with van der Waals surface area (Å²) in [7, 11) is 0. The second-order valence-corrected chi connectivity index (χ2v) is 3.79. The third-order valence-corrected chi connectivity index (χ3v) is 2.79. The number of hydrogen-bond acceptors (Lipinski definition) is 3. The van der Waals surface area contributed by atoms with Crippen molar-refractivity contribution in [3.8, 4) is 0 Å². The molecule has 1 aromatic heterocycles. The highest BCUT2D eigenvalue weighted by molar-refractivity contribution is 6.03. The molecular weight excluding hydrogens is 204 g/mol. The fraction of sp³-hybridized carbons (Fsp3) is 0.182. The molecule has 0 aromatic carbocycles. The summed E-state index contributed by atoms with van der Waals surface area (Å²) in [5, 5.41) is 13.0. The number of aromatic nitrogens is 3. The lowest BCUT2D eigenvalue weighted by atomic mass is 9.92. The lowest BCUT2D eigenvalue weighted by molar-refractivity contribution is -0.115. The zero-order chi connectivity index (χ0) is 11.0. The summed E-state index contributed by atoms with van der Waals surface area (Å²) >= 11 is 0. The summed E-state index contributed by atoms with van der Waals surface area (Å²) in [6.45, 7) is 0. The number of rotatable bonds is 1. The van der Waals surface area contributed by atoms with Gasteiger partial charge in [-0.05, 0) is 18.6 Å². The van der Waals surface area contributed by atoms with Gasteiger partial charge < -0.3 is 5.32 Å². The van der Waals surface area contributed by atoms with E-state index >= 15 is 0 Å². The van der Waals surface area contributed by atoms with Crippen molar-refractivity contribution in [1.29, 1.82) is 0 Å². The van der Waals surface area contributed by atoms with Crippen LogP contribution in [0.15, 0.2) is 35.7 Å². The van der Waals surface area contributed by atoms with Crippen LogP contribution in [-0.4, -0.2) is 21.3 Å². The van der Waals surface area contributed by atoms with Gasteiger partial charge >= 0.3 is 0 Å². The Morgan fingerprint density at radius 3 is 3.25 bits per heavy atom. The lowest BCUT2D eigenvalue weighted by Crippen LogP contribution is -2.13. The van der Waals surface area contributed by atoms with Gasteiger partial charge in [-0.15, -0.1) is 0 Å². The van der Waals surface area contributed by atoms with Crippen molar-refractivity contribution in [3.05, 3.63) is 41.4 Å². The van der Waals surface area contributed by atoms with Gasteiger partial charge in [-0.3, -0.25) is 4.79 Å². The third-order valence-electron chi connectivity index (χ3n) is 2.79. The molecule has 0 bridgehead atoms. The summed E-state index contributed by atoms with van der Waals surface area (Å²) in [6, 6.07) is 0. The molecule has 2 heterocycles. The van der Waals surface area contributed by atoms with E-state index in [-0.39, 0.29) is 11.8 Å². The van der Waals surface area contributed by atoms with Crippen LogP contribution in [0.25, 0.3) is 6.08 Å². The van der Waals surface area contributed by atoms with E-state index in [2.05, 4.69) is 26.8 Å². The van der Waals surface area contributed by atoms with Crippen LogP contribution in [0.5, 0.6) is 0 Å². The molecular formula is C11H10N4O. The number of hydrogen-bond donors (Lipinski definition) is 2. The lowest BCUT2D eigenvalue weighted by Gasteiger charge is -2.11. The second kappa shape index (κ2) is 3.44. The van der Waals surface area contributed by atoms with Gasteiger partial charge in [-0.25, -0.2) is 0 Å². The maximum atomic E-state index is 11.8. The summed E-state index contributed by atoms with van der Waals surface area (Å²) in [6.07, 6.45) is 10.2. The van der Waals surface area contributed by atoms with Crippen LogP contribution in [0.1, 0.15) is 12.1 Å². The number of carbonyl (C=O) groups is 1. The van der Waals surface area contributed by atoms with E-state index in [4.69, 9.17) is 0 Å². The standard InChI is InChI=1S/C11H10N4O/c16-11-9(5-7-6-12-15-14-7)8-3-1-2-4-10(8)13-11/h1-2,4-6,8H,3H2,(H,13,16)(H,12,14,15). The van der Waals surface area contributed by atoms with Crippen molar-refractivity contribution in [1.82, 2.24) is 20.7 Å². The molecule has 1 fully saturated rings. The maximum absolute atomic E-state index is 11.8. The minimum atomic E-state index is -0.0389. The number of fused-ring (bicyclic) bond motifs is 1. The fourth-order valence-corrected chi connectivity index (χ4v) is 2.02. The zero-order valence-corrected chi connectivity index (χ0v) is 8.47. The van der Waals surface area contributed by atoms with Crippen LogP contribution in [0.3, 0.4) is 0 Å². The molecule has 0 radical (unpaired) electrons. The molecule has 2 N–H and O–H groups in total. The first-order valence-corrected chi connectivity index (χ1v) is 5.10. The van der Waals surface area contributed by atoms with Crippen molar-refractivity contribution in [3.63, 3.8) is 0 Å². The average Bonchev–Trinajstić information content (AvgIpc) is 2.89. The Morgan fingerprint density at radius 1 is 1.50 bits per heavy atom. The molecule has 1 amide bonds. The molecule has 1 aliphatic heterocycles. The van der Waals surface area contributed by atoms with Gasteiger partial charge in [0.05, 0.1) is 6.20 Å². The number of aromatic amines is 1. The molecule has 1 aromatic rings. The van der Waals surface area contributed by atoms with Crippen LogP contribution < -0.4 is 5.32 Å². The van der Waals surface area contributed by atoms with Gasteiger partial charge in [-0.1, -0.05) is 12.2 Å². The number of H-pyrrole nitrogens is 1. The molecule has 1 saturated heterocycles. The van der Waals surface area contributed by atoms with E-state index in [0.29, 0.717) is 5.69 Å². The topological polar surface area (TPSA) is 70.7 Å². The Kier molecular flexibility index (Phi) is 1.96. The SMILES string of the molecule is O=C1NC2=CC=CCC2C1=Cc1cn[nH]n1. The minimum Gasteiger partial charge on any atom is -0.325 e. The van der Waals surface area contributed by atoms with Gasteiger partial charge in [-0.2, -0.15) is 15.4 Å². The quantitative estimate of drug-likeness (QED) is 0.678. The maximum Gasteiger partial charge on any atom is 0.252 e. The molecule has 1 unspecified atom stereocenters. The largest absolute Gasteiger partial charge is 0.325 e. The number of amides is 1. The summed E-state index contributed by atoms with van der Waals surface area (Å²) < 4.78 is 0. The van der Waals surface area contributed by atoms with Gasteiger partial charge in [0.25, 0.3) is 5.91 Å². The van der Waals surface area contributed by atoms with E-state index in [1.165, 1.54) is 0 Å². The van der Waals surface area contributed by atoms with Crippen molar-refractivity contribution in [2.75, 3.05) is 0 Å². The van der Waals surface area contributed by atoms with Crippen LogP contribution >= 0.6 is 0 Å². The van der Waals surface area contributed by atoms with Crippen LogP contribution in [0.4, 0.5) is 0 Å². The number of nitrogens with one attached hydrogen (secondary N) is 2. The Hall–Kier alpha value is -2.17. The molecule has 0 spiro atoms. The zero-order valence-electron chi connectivity index (χ0n) is 8.47. The van der Waals surface area contributed by atoms with Crippen LogP contribution in [0.2, 0.25) is 0 Å². The Labute approximate surface area is 91.9 Å². The first-order chi connectivity index (χ1) is 7.84. The summed E-state index contributed by atoms with van der Waals surface area (Å²) in [5.74, 6) is 0.108.